The van der Waals surface area contributed by atoms with Gasteiger partial charge in [-0.1, -0.05) is 5.21 Å². The van der Waals surface area contributed by atoms with Crippen molar-refractivity contribution in [3.05, 3.63) is 40.0 Å². The van der Waals surface area contributed by atoms with Gasteiger partial charge in [-0.25, -0.2) is 17.5 Å². The Morgan fingerprint density at radius 3 is 2.76 bits per heavy atom. The molecule has 0 aliphatic rings. The minimum Gasteiger partial charge on any atom is -0.258 e. The fraction of sp³-hybridized carbons (Fsp3) is 0.222. The first kappa shape index (κ1) is 14.9. The third kappa shape index (κ3) is 3.17. The zero-order valence-electron chi connectivity index (χ0n) is 10.5. The molecule has 0 fully saturated rings. The smallest absolute Gasteiger partial charge is 0.258 e. The Hall–Kier alpha value is -2.47. The van der Waals surface area contributed by atoms with Crippen LogP contribution in [0.25, 0.3) is 0 Å². The summed E-state index contributed by atoms with van der Waals surface area (Å²) in [6, 6.07) is 1.33. The van der Waals surface area contributed by atoms with E-state index in [1.165, 1.54) is 6.92 Å². The topological polar surface area (TPSA) is 144 Å². The molecule has 0 saturated carbocycles. The summed E-state index contributed by atoms with van der Waals surface area (Å²) in [4.78, 5) is 8.99. The van der Waals surface area contributed by atoms with Crippen LogP contribution >= 0.6 is 0 Å². The molecule has 2 N–H and O–H groups in total. The minimum absolute atomic E-state index is 0.0458. The molecule has 1 aromatic heterocycles. The predicted octanol–water partition coefficient (Wildman–Crippen LogP) is 0.286. The van der Waals surface area contributed by atoms with E-state index in [1.807, 2.05) is 0 Å². The lowest BCUT2D eigenvalue weighted by atomic mass is 10.3. The number of rotatable bonds is 5. The van der Waals surface area contributed by atoms with Crippen LogP contribution in [0.3, 0.4) is 0 Å². The van der Waals surface area contributed by atoms with Crippen LogP contribution in [0.1, 0.15) is 18.8 Å². The van der Waals surface area contributed by atoms with E-state index in [4.69, 9.17) is 0 Å². The predicted molar refractivity (Wildman–Crippen MR) is 66.0 cm³/mol. The fourth-order valence-electron chi connectivity index (χ4n) is 1.51. The first-order valence-electron chi connectivity index (χ1n) is 5.51. The molecule has 0 aliphatic heterocycles. The third-order valence-electron chi connectivity index (χ3n) is 2.50. The molecule has 0 aliphatic carbocycles. The van der Waals surface area contributed by atoms with Crippen molar-refractivity contribution in [3.63, 3.8) is 0 Å². The molecule has 10 nitrogen and oxygen atoms in total. The number of nitro groups is 1. The summed E-state index contributed by atoms with van der Waals surface area (Å²) >= 11 is 0. The monoisotopic (exact) mass is 316 g/mol. The molecule has 112 valence electrons. The van der Waals surface area contributed by atoms with E-state index in [-0.39, 0.29) is 5.82 Å². The molecule has 0 amide bonds. The lowest BCUT2D eigenvalue weighted by molar-refractivity contribution is -0.385. The number of non-ortho nitro benzene ring substituents is 1. The Balaban J connectivity index is 2.35. The van der Waals surface area contributed by atoms with Crippen LogP contribution in [0.4, 0.5) is 10.1 Å². The highest BCUT2D eigenvalue weighted by Gasteiger charge is 2.26. The maximum Gasteiger partial charge on any atom is 0.270 e. The Morgan fingerprint density at radius 2 is 2.19 bits per heavy atom. The zero-order chi connectivity index (χ0) is 15.6. The van der Waals surface area contributed by atoms with Gasteiger partial charge >= 0.3 is 0 Å². The summed E-state index contributed by atoms with van der Waals surface area (Å²) in [5.74, 6) is -1.06. The number of halogens is 1. The number of H-pyrrole nitrogens is 1. The Kier molecular flexibility index (Phi) is 3.90. The summed E-state index contributed by atoms with van der Waals surface area (Å²) in [6.45, 7) is 1.41. The van der Waals surface area contributed by atoms with E-state index >= 15 is 0 Å². The summed E-state index contributed by atoms with van der Waals surface area (Å²) in [5.41, 5.74) is -0.538. The normalized spacial score (nSPS) is 13.0. The van der Waals surface area contributed by atoms with E-state index in [0.29, 0.717) is 12.1 Å². The molecule has 1 heterocycles. The lowest BCUT2D eigenvalue weighted by Crippen LogP contribution is -2.28. The number of nitro benzene ring substituents is 1. The average Bonchev–Trinajstić information content (AvgIpc) is 2.92. The first-order chi connectivity index (χ1) is 9.81. The van der Waals surface area contributed by atoms with Gasteiger partial charge in [0, 0.05) is 12.1 Å². The second-order valence-corrected chi connectivity index (χ2v) is 5.67. The molecule has 0 saturated heterocycles. The molecule has 1 unspecified atom stereocenters. The molecule has 0 radical (unpaired) electrons. The van der Waals surface area contributed by atoms with Crippen molar-refractivity contribution in [2.45, 2.75) is 17.9 Å². The summed E-state index contributed by atoms with van der Waals surface area (Å²) in [5, 5.41) is 23.2. The molecule has 0 spiro atoms. The van der Waals surface area contributed by atoms with E-state index in [1.54, 1.807) is 0 Å². The largest absolute Gasteiger partial charge is 0.270 e. The summed E-state index contributed by atoms with van der Waals surface area (Å²) in [7, 11) is -4.32. The standard InChI is InChI=1S/C9H9FN6O4S/c1-5(9-11-14-15-12-9)13-21(19,20)8-4-6(16(17)18)2-3-7(8)10/h2-5,13H,1H3,(H,11,12,14,15). The van der Waals surface area contributed by atoms with Crippen molar-refractivity contribution in [1.82, 2.24) is 25.3 Å². The maximum absolute atomic E-state index is 13.6. The highest BCUT2D eigenvalue weighted by Crippen LogP contribution is 2.22. The number of aromatic amines is 1. The van der Waals surface area contributed by atoms with E-state index < -0.39 is 37.4 Å². The van der Waals surface area contributed by atoms with Crippen molar-refractivity contribution in [2.24, 2.45) is 0 Å². The van der Waals surface area contributed by atoms with E-state index in [2.05, 4.69) is 25.3 Å². The van der Waals surface area contributed by atoms with E-state index in [0.717, 1.165) is 6.07 Å². The molecule has 2 rings (SSSR count). The van der Waals surface area contributed by atoms with Crippen LogP contribution < -0.4 is 4.72 Å². The van der Waals surface area contributed by atoms with Crippen molar-refractivity contribution >= 4 is 15.7 Å². The van der Waals surface area contributed by atoms with Crippen LogP contribution in [0.2, 0.25) is 0 Å². The SMILES string of the molecule is CC(NS(=O)(=O)c1cc([N+](=O)[O-])ccc1F)c1nn[nH]n1. The molecule has 0 bridgehead atoms. The lowest BCUT2D eigenvalue weighted by Gasteiger charge is -2.11. The highest BCUT2D eigenvalue weighted by molar-refractivity contribution is 7.89. The van der Waals surface area contributed by atoms with Crippen molar-refractivity contribution in [3.8, 4) is 0 Å². The first-order valence-corrected chi connectivity index (χ1v) is 6.99. The Bertz CT molecular complexity index is 763. The van der Waals surface area contributed by atoms with Gasteiger partial charge in [0.05, 0.1) is 11.0 Å². The van der Waals surface area contributed by atoms with Gasteiger partial charge < -0.3 is 0 Å². The summed E-state index contributed by atoms with van der Waals surface area (Å²) < 4.78 is 39.9. The van der Waals surface area contributed by atoms with Gasteiger partial charge in [0.25, 0.3) is 5.69 Å². The number of sulfonamides is 1. The van der Waals surface area contributed by atoms with Gasteiger partial charge in [0.1, 0.15) is 10.7 Å². The Morgan fingerprint density at radius 1 is 1.48 bits per heavy atom. The number of hydrogen-bond donors (Lipinski definition) is 2. The van der Waals surface area contributed by atoms with Gasteiger partial charge in [-0.05, 0) is 13.0 Å². The second kappa shape index (κ2) is 5.49. The average molecular weight is 316 g/mol. The van der Waals surface area contributed by atoms with Crippen molar-refractivity contribution < 1.29 is 17.7 Å². The molecule has 1 aromatic carbocycles. The quantitative estimate of drug-likeness (QED) is 0.595. The third-order valence-corrected chi connectivity index (χ3v) is 4.05. The van der Waals surface area contributed by atoms with Crippen LogP contribution in [0.5, 0.6) is 0 Å². The second-order valence-electron chi connectivity index (χ2n) is 3.98. The zero-order valence-corrected chi connectivity index (χ0v) is 11.3. The number of tetrazole rings is 1. The van der Waals surface area contributed by atoms with Crippen LogP contribution in [0.15, 0.2) is 23.1 Å². The van der Waals surface area contributed by atoms with Crippen molar-refractivity contribution in [1.29, 1.82) is 0 Å². The summed E-state index contributed by atoms with van der Waals surface area (Å²) in [6.07, 6.45) is 0. The fourth-order valence-corrected chi connectivity index (χ4v) is 2.81. The van der Waals surface area contributed by atoms with E-state index in [9.17, 15) is 22.9 Å². The molecule has 2 aromatic rings. The molecular formula is C9H9FN6O4S. The number of hydrogen-bond acceptors (Lipinski definition) is 7. The molecule has 12 heteroatoms. The minimum atomic E-state index is -4.32. The van der Waals surface area contributed by atoms with Gasteiger partial charge in [-0.2, -0.15) is 5.21 Å². The number of nitrogens with one attached hydrogen (secondary N) is 2. The number of benzene rings is 1. The van der Waals surface area contributed by atoms with Crippen LogP contribution in [-0.4, -0.2) is 34.0 Å². The molecule has 1 atom stereocenters. The van der Waals surface area contributed by atoms with Gasteiger partial charge in [-0.15, -0.1) is 10.2 Å². The molecular weight excluding hydrogens is 307 g/mol. The molecule has 21 heavy (non-hydrogen) atoms. The maximum atomic E-state index is 13.6. The number of aromatic nitrogens is 4. The highest BCUT2D eigenvalue weighted by atomic mass is 32.2. The van der Waals surface area contributed by atoms with Crippen LogP contribution in [-0.2, 0) is 10.0 Å². The van der Waals surface area contributed by atoms with Gasteiger partial charge in [0.15, 0.2) is 5.82 Å². The van der Waals surface area contributed by atoms with Crippen molar-refractivity contribution in [2.75, 3.05) is 0 Å². The van der Waals surface area contributed by atoms with Crippen LogP contribution in [0, 0.1) is 15.9 Å². The van der Waals surface area contributed by atoms with Gasteiger partial charge in [-0.3, -0.25) is 10.1 Å². The number of nitrogens with zero attached hydrogens (tertiary/aromatic N) is 4. The Labute approximate surface area is 117 Å². The van der Waals surface area contributed by atoms with Gasteiger partial charge in [0.2, 0.25) is 10.0 Å².